The number of amidine groups is 1. The first-order chi connectivity index (χ1) is 5.18. The molecule has 0 radical (unpaired) electrons. The van der Waals surface area contributed by atoms with Gasteiger partial charge < -0.3 is 11.5 Å². The summed E-state index contributed by atoms with van der Waals surface area (Å²) in [5, 5.41) is 7.04. The number of nitrogens with one attached hydrogen (secondary N) is 1. The van der Waals surface area contributed by atoms with Crippen molar-refractivity contribution in [2.24, 2.45) is 5.73 Å². The van der Waals surface area contributed by atoms with Crippen LogP contribution in [0.4, 0.5) is 5.69 Å². The molecule has 3 nitrogen and oxygen atoms in total. The molecule has 0 spiro atoms. The Morgan fingerprint density at radius 1 is 1.45 bits per heavy atom. The first-order valence-corrected chi connectivity index (χ1v) is 3.36. The third-order valence-corrected chi connectivity index (χ3v) is 1.35. The van der Waals surface area contributed by atoms with Crippen LogP contribution in [-0.4, -0.2) is 5.84 Å². The van der Waals surface area contributed by atoms with Gasteiger partial charge in [0.15, 0.2) is 0 Å². The van der Waals surface area contributed by atoms with Crippen LogP contribution in [0.3, 0.4) is 0 Å². The minimum absolute atomic E-state index is 0.163. The van der Waals surface area contributed by atoms with Gasteiger partial charge in [0.05, 0.1) is 5.84 Å². The molecular weight excluding hydrogens is 138 g/mol. The predicted octanol–water partition coefficient (Wildman–Crippen LogP) is 0.747. The summed E-state index contributed by atoms with van der Waals surface area (Å²) >= 11 is 0. The quantitative estimate of drug-likeness (QED) is 0.329. The van der Waals surface area contributed by atoms with Crippen molar-refractivity contribution >= 4 is 11.5 Å². The van der Waals surface area contributed by atoms with E-state index in [1.807, 2.05) is 24.3 Å². The third kappa shape index (κ3) is 2.29. The summed E-state index contributed by atoms with van der Waals surface area (Å²) in [6.45, 7) is 0. The highest BCUT2D eigenvalue weighted by atomic mass is 14.7. The Balaban J connectivity index is 2.79. The molecule has 0 aliphatic carbocycles. The number of nitrogens with two attached hydrogens (primary N) is 2. The SMILES string of the molecule is N=C(N)Cc1cccc(N)c1. The topological polar surface area (TPSA) is 75.9 Å². The molecule has 0 aliphatic rings. The lowest BCUT2D eigenvalue weighted by molar-refractivity contribution is 1.25. The molecule has 0 amide bonds. The second kappa shape index (κ2) is 3.05. The number of hydrogen-bond acceptors (Lipinski definition) is 2. The lowest BCUT2D eigenvalue weighted by atomic mass is 10.1. The maximum atomic E-state index is 7.04. The molecule has 5 N–H and O–H groups in total. The van der Waals surface area contributed by atoms with Crippen LogP contribution in [0.1, 0.15) is 5.56 Å². The van der Waals surface area contributed by atoms with Gasteiger partial charge in [0.2, 0.25) is 0 Å². The number of anilines is 1. The Labute approximate surface area is 65.5 Å². The molecule has 0 atom stereocenters. The van der Waals surface area contributed by atoms with Crippen molar-refractivity contribution < 1.29 is 0 Å². The molecule has 0 saturated heterocycles. The van der Waals surface area contributed by atoms with Gasteiger partial charge in [-0.2, -0.15) is 0 Å². The Morgan fingerprint density at radius 3 is 2.73 bits per heavy atom. The lowest BCUT2D eigenvalue weighted by Gasteiger charge is -1.99. The Morgan fingerprint density at radius 2 is 2.18 bits per heavy atom. The van der Waals surface area contributed by atoms with Gasteiger partial charge in [-0.15, -0.1) is 0 Å². The van der Waals surface area contributed by atoms with Gasteiger partial charge in [-0.1, -0.05) is 12.1 Å². The van der Waals surface area contributed by atoms with Gasteiger partial charge in [-0.05, 0) is 17.7 Å². The van der Waals surface area contributed by atoms with Gasteiger partial charge in [0.1, 0.15) is 0 Å². The summed E-state index contributed by atoms with van der Waals surface area (Å²) in [6.07, 6.45) is 0.477. The fourth-order valence-electron chi connectivity index (χ4n) is 0.923. The summed E-state index contributed by atoms with van der Waals surface area (Å²) in [4.78, 5) is 0. The Bertz CT molecular complexity index is 268. The van der Waals surface area contributed by atoms with Crippen molar-refractivity contribution in [1.82, 2.24) is 0 Å². The zero-order valence-electron chi connectivity index (χ0n) is 6.17. The van der Waals surface area contributed by atoms with E-state index in [0.717, 1.165) is 5.56 Å². The smallest absolute Gasteiger partial charge is 0.0950 e. The first kappa shape index (κ1) is 7.60. The van der Waals surface area contributed by atoms with E-state index >= 15 is 0 Å². The van der Waals surface area contributed by atoms with E-state index in [1.54, 1.807) is 0 Å². The number of benzene rings is 1. The molecule has 0 saturated carbocycles. The number of nitrogen functional groups attached to an aromatic ring is 1. The van der Waals surface area contributed by atoms with E-state index in [0.29, 0.717) is 12.1 Å². The van der Waals surface area contributed by atoms with Crippen molar-refractivity contribution in [1.29, 1.82) is 5.41 Å². The average molecular weight is 149 g/mol. The highest BCUT2D eigenvalue weighted by molar-refractivity contribution is 5.79. The minimum atomic E-state index is 0.163. The molecule has 1 aromatic rings. The molecule has 0 heterocycles. The van der Waals surface area contributed by atoms with Crippen LogP contribution in [0.15, 0.2) is 24.3 Å². The maximum absolute atomic E-state index is 7.04. The lowest BCUT2D eigenvalue weighted by Crippen LogP contribution is -2.12. The molecule has 0 unspecified atom stereocenters. The highest BCUT2D eigenvalue weighted by Gasteiger charge is 1.94. The second-order valence-corrected chi connectivity index (χ2v) is 2.45. The highest BCUT2D eigenvalue weighted by Crippen LogP contribution is 2.06. The molecule has 0 aliphatic heterocycles. The zero-order chi connectivity index (χ0) is 8.27. The van der Waals surface area contributed by atoms with Crippen LogP contribution in [0.2, 0.25) is 0 Å². The monoisotopic (exact) mass is 149 g/mol. The third-order valence-electron chi connectivity index (χ3n) is 1.35. The van der Waals surface area contributed by atoms with Crippen molar-refractivity contribution in [3.8, 4) is 0 Å². The molecule has 0 bridgehead atoms. The van der Waals surface area contributed by atoms with E-state index in [-0.39, 0.29) is 5.84 Å². The molecule has 11 heavy (non-hydrogen) atoms. The van der Waals surface area contributed by atoms with Crippen molar-refractivity contribution in [3.63, 3.8) is 0 Å². The summed E-state index contributed by atoms with van der Waals surface area (Å²) in [6, 6.07) is 7.39. The van der Waals surface area contributed by atoms with Gasteiger partial charge in [0, 0.05) is 12.1 Å². The number of hydrogen-bond donors (Lipinski definition) is 3. The average Bonchev–Trinajstić information content (AvgIpc) is 1.85. The Hall–Kier alpha value is -1.51. The van der Waals surface area contributed by atoms with Crippen molar-refractivity contribution in [3.05, 3.63) is 29.8 Å². The predicted molar refractivity (Wildman–Crippen MR) is 46.5 cm³/mol. The van der Waals surface area contributed by atoms with Crippen LogP contribution < -0.4 is 11.5 Å². The molecular formula is C8H11N3. The molecule has 0 fully saturated rings. The van der Waals surface area contributed by atoms with Gasteiger partial charge in [-0.25, -0.2) is 0 Å². The van der Waals surface area contributed by atoms with Gasteiger partial charge in [0.25, 0.3) is 0 Å². The van der Waals surface area contributed by atoms with Crippen LogP contribution in [0, 0.1) is 5.41 Å². The van der Waals surface area contributed by atoms with Crippen LogP contribution >= 0.6 is 0 Å². The molecule has 1 aromatic carbocycles. The summed E-state index contributed by atoms with van der Waals surface area (Å²) in [5.41, 5.74) is 12.4. The maximum Gasteiger partial charge on any atom is 0.0950 e. The zero-order valence-corrected chi connectivity index (χ0v) is 6.17. The normalized spacial score (nSPS) is 9.45. The number of rotatable bonds is 2. The Kier molecular flexibility index (Phi) is 2.11. The first-order valence-electron chi connectivity index (χ1n) is 3.36. The van der Waals surface area contributed by atoms with Crippen molar-refractivity contribution in [2.75, 3.05) is 5.73 Å². The van der Waals surface area contributed by atoms with E-state index in [9.17, 15) is 0 Å². The fraction of sp³-hybridized carbons (Fsp3) is 0.125. The standard InChI is InChI=1S/C8H11N3/c9-7-3-1-2-6(4-7)5-8(10)11/h1-4H,5,9H2,(H3,10,11). The van der Waals surface area contributed by atoms with Crippen LogP contribution in [0.5, 0.6) is 0 Å². The second-order valence-electron chi connectivity index (χ2n) is 2.45. The van der Waals surface area contributed by atoms with Gasteiger partial charge >= 0.3 is 0 Å². The minimum Gasteiger partial charge on any atom is -0.399 e. The molecule has 3 heteroatoms. The van der Waals surface area contributed by atoms with E-state index < -0.39 is 0 Å². The van der Waals surface area contributed by atoms with Crippen molar-refractivity contribution in [2.45, 2.75) is 6.42 Å². The van der Waals surface area contributed by atoms with Crippen LogP contribution in [-0.2, 0) is 6.42 Å². The summed E-state index contributed by atoms with van der Waals surface area (Å²) < 4.78 is 0. The largest absolute Gasteiger partial charge is 0.399 e. The van der Waals surface area contributed by atoms with E-state index in [2.05, 4.69) is 0 Å². The van der Waals surface area contributed by atoms with Gasteiger partial charge in [-0.3, -0.25) is 5.41 Å². The summed E-state index contributed by atoms with van der Waals surface area (Å²) in [7, 11) is 0. The molecule has 58 valence electrons. The summed E-state index contributed by atoms with van der Waals surface area (Å²) in [5.74, 6) is 0.163. The molecule has 0 aromatic heterocycles. The van der Waals surface area contributed by atoms with E-state index in [4.69, 9.17) is 16.9 Å². The van der Waals surface area contributed by atoms with Crippen LogP contribution in [0.25, 0.3) is 0 Å². The molecule has 1 rings (SSSR count). The van der Waals surface area contributed by atoms with E-state index in [1.165, 1.54) is 0 Å². The fourth-order valence-corrected chi connectivity index (χ4v) is 0.923.